The molecule has 2 nitrogen and oxygen atoms in total. The molecule has 0 aliphatic heterocycles. The zero-order valence-electron chi connectivity index (χ0n) is 13.6. The molecule has 0 amide bonds. The third-order valence-electron chi connectivity index (χ3n) is 4.70. The van der Waals surface area contributed by atoms with Crippen molar-refractivity contribution < 1.29 is 4.74 Å². The number of hydrogen-bond donors (Lipinski definition) is 1. The van der Waals surface area contributed by atoms with Crippen LogP contribution in [0.1, 0.15) is 45.6 Å². The van der Waals surface area contributed by atoms with E-state index in [9.17, 15) is 0 Å². The lowest BCUT2D eigenvalue weighted by Crippen LogP contribution is -2.47. The van der Waals surface area contributed by atoms with Gasteiger partial charge in [0.1, 0.15) is 11.9 Å². The average molecular weight is 275 g/mol. The van der Waals surface area contributed by atoms with Crippen LogP contribution in [-0.4, -0.2) is 19.2 Å². The van der Waals surface area contributed by atoms with E-state index in [4.69, 9.17) is 4.74 Å². The van der Waals surface area contributed by atoms with Gasteiger partial charge < -0.3 is 10.1 Å². The van der Waals surface area contributed by atoms with Crippen molar-refractivity contribution in [2.45, 2.75) is 59.1 Å². The van der Waals surface area contributed by atoms with Crippen molar-refractivity contribution in [1.29, 1.82) is 0 Å². The van der Waals surface area contributed by atoms with Crippen molar-refractivity contribution in [2.75, 3.05) is 7.05 Å². The Hall–Kier alpha value is -1.02. The highest BCUT2D eigenvalue weighted by Gasteiger charge is 2.36. The molecule has 0 spiro atoms. The smallest absolute Gasteiger partial charge is 0.119 e. The van der Waals surface area contributed by atoms with Gasteiger partial charge in [-0.3, -0.25) is 0 Å². The Morgan fingerprint density at radius 1 is 1.10 bits per heavy atom. The van der Waals surface area contributed by atoms with Crippen LogP contribution in [0.25, 0.3) is 0 Å². The van der Waals surface area contributed by atoms with E-state index in [2.05, 4.69) is 57.3 Å². The maximum absolute atomic E-state index is 6.28. The number of aryl methyl sites for hydroxylation is 1. The van der Waals surface area contributed by atoms with Crippen molar-refractivity contribution in [2.24, 2.45) is 11.3 Å². The molecular weight excluding hydrogens is 246 g/mol. The third-order valence-corrected chi connectivity index (χ3v) is 4.70. The van der Waals surface area contributed by atoms with Crippen LogP contribution in [0.2, 0.25) is 0 Å². The van der Waals surface area contributed by atoms with Crippen molar-refractivity contribution in [3.8, 4) is 5.75 Å². The standard InChI is InChI=1S/C18H29NO/c1-13-6-9-15(10-7-13)20-17-12-14(18(2,3)4)8-11-16(17)19-5/h6-7,9-10,14,16-17,19H,8,11-12H2,1-5H3. The summed E-state index contributed by atoms with van der Waals surface area (Å²) in [6.07, 6.45) is 3.92. The van der Waals surface area contributed by atoms with E-state index in [0.717, 1.165) is 18.1 Å². The summed E-state index contributed by atoms with van der Waals surface area (Å²) in [6.45, 7) is 9.15. The van der Waals surface area contributed by atoms with Crippen molar-refractivity contribution in [3.05, 3.63) is 29.8 Å². The van der Waals surface area contributed by atoms with Crippen LogP contribution in [0, 0.1) is 18.3 Å². The van der Waals surface area contributed by atoms with Gasteiger partial charge >= 0.3 is 0 Å². The number of benzene rings is 1. The Labute approximate surface area is 123 Å². The van der Waals surface area contributed by atoms with Gasteiger partial charge in [-0.25, -0.2) is 0 Å². The summed E-state index contributed by atoms with van der Waals surface area (Å²) < 4.78 is 6.28. The summed E-state index contributed by atoms with van der Waals surface area (Å²) in [5, 5.41) is 3.43. The second-order valence-electron chi connectivity index (χ2n) is 7.24. The molecule has 3 unspecified atom stereocenters. The van der Waals surface area contributed by atoms with Gasteiger partial charge in [0.15, 0.2) is 0 Å². The fourth-order valence-corrected chi connectivity index (χ4v) is 3.17. The van der Waals surface area contributed by atoms with Crippen LogP contribution in [0.5, 0.6) is 5.75 Å². The monoisotopic (exact) mass is 275 g/mol. The molecule has 0 radical (unpaired) electrons. The number of likely N-dealkylation sites (N-methyl/N-ethyl adjacent to an activating group) is 1. The second kappa shape index (κ2) is 6.17. The zero-order valence-corrected chi connectivity index (χ0v) is 13.6. The first-order valence-electron chi connectivity index (χ1n) is 7.80. The van der Waals surface area contributed by atoms with Crippen LogP contribution in [0.15, 0.2) is 24.3 Å². The van der Waals surface area contributed by atoms with E-state index in [-0.39, 0.29) is 6.10 Å². The summed E-state index contributed by atoms with van der Waals surface area (Å²) in [7, 11) is 2.05. The number of rotatable bonds is 3. The number of ether oxygens (including phenoxy) is 1. The lowest BCUT2D eigenvalue weighted by Gasteiger charge is -2.41. The molecule has 2 rings (SSSR count). The maximum Gasteiger partial charge on any atom is 0.119 e. The van der Waals surface area contributed by atoms with E-state index in [1.165, 1.54) is 18.4 Å². The minimum atomic E-state index is 0.278. The van der Waals surface area contributed by atoms with Crippen LogP contribution in [0.3, 0.4) is 0 Å². The van der Waals surface area contributed by atoms with E-state index in [1.807, 2.05) is 7.05 Å². The zero-order chi connectivity index (χ0) is 14.8. The van der Waals surface area contributed by atoms with Gasteiger partial charge in [-0.1, -0.05) is 38.5 Å². The summed E-state index contributed by atoms with van der Waals surface area (Å²) in [4.78, 5) is 0. The third kappa shape index (κ3) is 3.76. The molecule has 1 N–H and O–H groups in total. The van der Waals surface area contributed by atoms with Crippen LogP contribution in [-0.2, 0) is 0 Å². The Kier molecular flexibility index (Phi) is 4.74. The molecule has 1 saturated carbocycles. The normalized spacial score (nSPS) is 27.4. The molecule has 1 aliphatic rings. The molecule has 2 heteroatoms. The first-order chi connectivity index (χ1) is 9.40. The fourth-order valence-electron chi connectivity index (χ4n) is 3.17. The number of hydrogen-bond acceptors (Lipinski definition) is 2. The van der Waals surface area contributed by atoms with E-state index in [1.54, 1.807) is 0 Å². The lowest BCUT2D eigenvalue weighted by atomic mass is 9.70. The molecule has 0 bridgehead atoms. The first kappa shape index (κ1) is 15.4. The topological polar surface area (TPSA) is 21.3 Å². The fraction of sp³-hybridized carbons (Fsp3) is 0.667. The maximum atomic E-state index is 6.28. The quantitative estimate of drug-likeness (QED) is 0.893. The second-order valence-corrected chi connectivity index (χ2v) is 7.24. The summed E-state index contributed by atoms with van der Waals surface area (Å²) in [6, 6.07) is 8.88. The molecule has 3 atom stereocenters. The van der Waals surface area contributed by atoms with Gasteiger partial charge in [0.25, 0.3) is 0 Å². The summed E-state index contributed by atoms with van der Waals surface area (Å²) in [5.41, 5.74) is 1.65. The highest BCUT2D eigenvalue weighted by Crippen LogP contribution is 2.39. The molecule has 0 heterocycles. The van der Waals surface area contributed by atoms with Crippen molar-refractivity contribution in [3.63, 3.8) is 0 Å². The van der Waals surface area contributed by atoms with Crippen molar-refractivity contribution >= 4 is 0 Å². The highest BCUT2D eigenvalue weighted by molar-refractivity contribution is 5.26. The van der Waals surface area contributed by atoms with Gasteiger partial charge in [0.2, 0.25) is 0 Å². The average Bonchev–Trinajstić information content (AvgIpc) is 2.40. The largest absolute Gasteiger partial charge is 0.489 e. The predicted molar refractivity (Wildman–Crippen MR) is 85.2 cm³/mol. The Morgan fingerprint density at radius 2 is 1.75 bits per heavy atom. The molecule has 1 aliphatic carbocycles. The predicted octanol–water partition coefficient (Wildman–Crippen LogP) is 4.18. The minimum absolute atomic E-state index is 0.278. The first-order valence-corrected chi connectivity index (χ1v) is 7.80. The van der Waals surface area contributed by atoms with Crippen LogP contribution >= 0.6 is 0 Å². The lowest BCUT2D eigenvalue weighted by molar-refractivity contribution is 0.0496. The molecule has 0 saturated heterocycles. The van der Waals surface area contributed by atoms with Crippen LogP contribution < -0.4 is 10.1 Å². The van der Waals surface area contributed by atoms with Gasteiger partial charge in [-0.05, 0) is 56.7 Å². The Balaban J connectivity index is 2.07. The molecule has 1 aromatic carbocycles. The van der Waals surface area contributed by atoms with Gasteiger partial charge in [0.05, 0.1) is 0 Å². The molecule has 0 aromatic heterocycles. The highest BCUT2D eigenvalue weighted by atomic mass is 16.5. The summed E-state index contributed by atoms with van der Waals surface area (Å²) in [5.74, 6) is 1.73. The van der Waals surface area contributed by atoms with E-state index < -0.39 is 0 Å². The Bertz CT molecular complexity index is 418. The van der Waals surface area contributed by atoms with Crippen molar-refractivity contribution in [1.82, 2.24) is 5.32 Å². The molecule has 1 aromatic rings. The molecule has 112 valence electrons. The Morgan fingerprint density at radius 3 is 2.30 bits per heavy atom. The summed E-state index contributed by atoms with van der Waals surface area (Å²) >= 11 is 0. The van der Waals surface area contributed by atoms with Gasteiger partial charge in [-0.2, -0.15) is 0 Å². The molecule has 1 fully saturated rings. The van der Waals surface area contributed by atoms with Gasteiger partial charge in [-0.15, -0.1) is 0 Å². The minimum Gasteiger partial charge on any atom is -0.489 e. The SMILES string of the molecule is CNC1CCC(C(C)(C)C)CC1Oc1ccc(C)cc1. The van der Waals surface area contributed by atoms with Gasteiger partial charge in [0, 0.05) is 6.04 Å². The number of nitrogens with one attached hydrogen (secondary N) is 1. The van der Waals surface area contributed by atoms with E-state index >= 15 is 0 Å². The molecular formula is C18H29NO. The van der Waals surface area contributed by atoms with Crippen LogP contribution in [0.4, 0.5) is 0 Å². The van der Waals surface area contributed by atoms with E-state index in [0.29, 0.717) is 11.5 Å². The molecule has 20 heavy (non-hydrogen) atoms.